The van der Waals surface area contributed by atoms with Gasteiger partial charge in [0, 0.05) is 45.8 Å². The van der Waals surface area contributed by atoms with Crippen molar-refractivity contribution in [3.05, 3.63) is 0 Å². The van der Waals surface area contributed by atoms with E-state index in [1.165, 1.54) is 0 Å². The van der Waals surface area contributed by atoms with E-state index < -0.39 is 0 Å². The van der Waals surface area contributed by atoms with E-state index in [1.807, 2.05) is 4.90 Å². The third-order valence-corrected chi connectivity index (χ3v) is 4.05. The topological polar surface area (TPSA) is 45.2 Å². The maximum Gasteiger partial charge on any atom is 0.236 e. The van der Waals surface area contributed by atoms with Crippen molar-refractivity contribution < 1.29 is 14.3 Å². The maximum atomic E-state index is 12.3. The maximum absolute atomic E-state index is 12.3. The second-order valence-corrected chi connectivity index (χ2v) is 6.03. The van der Waals surface area contributed by atoms with Crippen LogP contribution in [-0.2, 0) is 14.3 Å². The summed E-state index contributed by atoms with van der Waals surface area (Å²) in [4.78, 5) is 18.8. The minimum Gasteiger partial charge on any atom is -0.379 e. The van der Waals surface area contributed by atoms with E-state index in [2.05, 4.69) is 23.6 Å². The summed E-state index contributed by atoms with van der Waals surface area (Å²) in [6.07, 6.45) is 0.293. The van der Waals surface area contributed by atoms with Gasteiger partial charge in [-0.05, 0) is 13.8 Å². The summed E-state index contributed by atoms with van der Waals surface area (Å²) in [5, 5.41) is 0. The Morgan fingerprint density at radius 3 is 2.33 bits per heavy atom. The number of carbonyl (C=O) groups excluding carboxylic acids is 1. The Morgan fingerprint density at radius 1 is 1.05 bits per heavy atom. The Kier molecular flexibility index (Phi) is 6.89. The molecule has 21 heavy (non-hydrogen) atoms. The van der Waals surface area contributed by atoms with Crippen LogP contribution in [0, 0.1) is 0 Å². The summed E-state index contributed by atoms with van der Waals surface area (Å²) in [6.45, 7) is 13.2. The molecule has 6 heteroatoms. The van der Waals surface area contributed by atoms with E-state index >= 15 is 0 Å². The monoisotopic (exact) mass is 299 g/mol. The van der Waals surface area contributed by atoms with E-state index in [1.54, 1.807) is 0 Å². The molecule has 2 aliphatic rings. The summed E-state index contributed by atoms with van der Waals surface area (Å²) in [7, 11) is 0. The molecule has 2 rings (SSSR count). The Morgan fingerprint density at radius 2 is 1.71 bits per heavy atom. The summed E-state index contributed by atoms with van der Waals surface area (Å²) in [5.41, 5.74) is 0. The first-order valence-electron chi connectivity index (χ1n) is 8.07. The van der Waals surface area contributed by atoms with Gasteiger partial charge in [0.05, 0.1) is 32.5 Å². The molecular weight excluding hydrogens is 270 g/mol. The smallest absolute Gasteiger partial charge is 0.236 e. The highest BCUT2D eigenvalue weighted by Crippen LogP contribution is 2.05. The number of piperazine rings is 1. The molecule has 0 unspecified atom stereocenters. The average Bonchev–Trinajstić information content (AvgIpc) is 2.48. The second kappa shape index (κ2) is 8.68. The van der Waals surface area contributed by atoms with E-state index in [0.717, 1.165) is 65.6 Å². The lowest BCUT2D eigenvalue weighted by Gasteiger charge is -2.36. The summed E-state index contributed by atoms with van der Waals surface area (Å²) in [5.74, 6) is 0.259. The van der Waals surface area contributed by atoms with Crippen molar-refractivity contribution in [3.63, 3.8) is 0 Å². The fraction of sp³-hybridized carbons (Fsp3) is 0.933. The van der Waals surface area contributed by atoms with Crippen LogP contribution >= 0.6 is 0 Å². The first kappa shape index (κ1) is 16.7. The molecule has 2 saturated heterocycles. The molecule has 122 valence electrons. The predicted octanol–water partition coefficient (Wildman–Crippen LogP) is -0.112. The standard InChI is InChI=1S/C15H29N3O3/c1-14(2)21-12-9-16-3-5-18(6-4-16)15(19)13-17-7-10-20-11-8-17/h14H,3-13H2,1-2H3. The van der Waals surface area contributed by atoms with Gasteiger partial charge < -0.3 is 14.4 Å². The van der Waals surface area contributed by atoms with Gasteiger partial charge >= 0.3 is 0 Å². The molecule has 0 saturated carbocycles. The summed E-state index contributed by atoms with van der Waals surface area (Å²) in [6, 6.07) is 0. The highest BCUT2D eigenvalue weighted by atomic mass is 16.5. The zero-order chi connectivity index (χ0) is 15.1. The quantitative estimate of drug-likeness (QED) is 0.685. The van der Waals surface area contributed by atoms with E-state index in [9.17, 15) is 4.79 Å². The van der Waals surface area contributed by atoms with E-state index in [-0.39, 0.29) is 5.91 Å². The molecule has 0 N–H and O–H groups in total. The van der Waals surface area contributed by atoms with E-state index in [0.29, 0.717) is 12.6 Å². The normalized spacial score (nSPS) is 22.0. The summed E-state index contributed by atoms with van der Waals surface area (Å²) < 4.78 is 10.9. The van der Waals surface area contributed by atoms with Crippen LogP contribution in [0.2, 0.25) is 0 Å². The second-order valence-electron chi connectivity index (χ2n) is 6.03. The number of rotatable bonds is 6. The first-order chi connectivity index (χ1) is 10.1. The lowest BCUT2D eigenvalue weighted by atomic mass is 10.3. The first-order valence-corrected chi connectivity index (χ1v) is 8.07. The average molecular weight is 299 g/mol. The fourth-order valence-electron chi connectivity index (χ4n) is 2.69. The van der Waals surface area contributed by atoms with Gasteiger partial charge in [0.2, 0.25) is 5.91 Å². The number of hydrogen-bond acceptors (Lipinski definition) is 5. The van der Waals surface area contributed by atoms with Gasteiger partial charge in [-0.25, -0.2) is 0 Å². The molecule has 2 aliphatic heterocycles. The molecule has 0 aliphatic carbocycles. The lowest BCUT2D eigenvalue weighted by Crippen LogP contribution is -2.52. The third-order valence-electron chi connectivity index (χ3n) is 4.05. The lowest BCUT2D eigenvalue weighted by molar-refractivity contribution is -0.135. The number of hydrogen-bond donors (Lipinski definition) is 0. The van der Waals surface area contributed by atoms with Gasteiger partial charge in [0.15, 0.2) is 0 Å². The van der Waals surface area contributed by atoms with Crippen molar-refractivity contribution in [1.29, 1.82) is 0 Å². The fourth-order valence-corrected chi connectivity index (χ4v) is 2.69. The molecule has 2 heterocycles. The van der Waals surface area contributed by atoms with Crippen LogP contribution in [0.1, 0.15) is 13.8 Å². The largest absolute Gasteiger partial charge is 0.379 e. The predicted molar refractivity (Wildman–Crippen MR) is 81.4 cm³/mol. The summed E-state index contributed by atoms with van der Waals surface area (Å²) >= 11 is 0. The Hall–Kier alpha value is -0.690. The van der Waals surface area contributed by atoms with Crippen LogP contribution < -0.4 is 0 Å². The van der Waals surface area contributed by atoms with Crippen LogP contribution in [0.25, 0.3) is 0 Å². The van der Waals surface area contributed by atoms with Crippen LogP contribution in [0.15, 0.2) is 0 Å². The minimum absolute atomic E-state index is 0.259. The van der Waals surface area contributed by atoms with Gasteiger partial charge in [-0.2, -0.15) is 0 Å². The van der Waals surface area contributed by atoms with Gasteiger partial charge in [-0.1, -0.05) is 0 Å². The highest BCUT2D eigenvalue weighted by molar-refractivity contribution is 5.78. The number of nitrogens with zero attached hydrogens (tertiary/aromatic N) is 3. The van der Waals surface area contributed by atoms with Crippen LogP contribution in [0.4, 0.5) is 0 Å². The third kappa shape index (κ3) is 5.90. The van der Waals surface area contributed by atoms with Crippen LogP contribution in [0.5, 0.6) is 0 Å². The molecule has 0 spiro atoms. The van der Waals surface area contributed by atoms with Gasteiger partial charge in [0.25, 0.3) is 0 Å². The molecule has 1 amide bonds. The van der Waals surface area contributed by atoms with Crippen molar-refractivity contribution in [3.8, 4) is 0 Å². The number of amides is 1. The molecule has 0 radical (unpaired) electrons. The van der Waals surface area contributed by atoms with Crippen molar-refractivity contribution >= 4 is 5.91 Å². The van der Waals surface area contributed by atoms with Gasteiger partial charge in [-0.15, -0.1) is 0 Å². The molecule has 0 bridgehead atoms. The molecule has 0 aromatic heterocycles. The number of carbonyl (C=O) groups is 1. The molecule has 0 aromatic carbocycles. The number of morpholine rings is 1. The van der Waals surface area contributed by atoms with Gasteiger partial charge in [-0.3, -0.25) is 14.6 Å². The highest BCUT2D eigenvalue weighted by Gasteiger charge is 2.23. The van der Waals surface area contributed by atoms with Gasteiger partial charge in [0.1, 0.15) is 0 Å². The SMILES string of the molecule is CC(C)OCCN1CCN(C(=O)CN2CCOCC2)CC1. The van der Waals surface area contributed by atoms with E-state index in [4.69, 9.17) is 9.47 Å². The number of ether oxygens (including phenoxy) is 2. The Bertz CT molecular complexity index is 311. The van der Waals surface area contributed by atoms with Crippen LogP contribution in [0.3, 0.4) is 0 Å². The molecule has 2 fully saturated rings. The van der Waals surface area contributed by atoms with Crippen molar-refractivity contribution in [2.75, 3.05) is 72.2 Å². The van der Waals surface area contributed by atoms with Crippen molar-refractivity contribution in [1.82, 2.24) is 14.7 Å². The molecule has 0 atom stereocenters. The molecule has 0 aromatic rings. The molecule has 6 nitrogen and oxygen atoms in total. The minimum atomic E-state index is 0.259. The Balaban J connectivity index is 1.62. The Labute approximate surface area is 128 Å². The zero-order valence-corrected chi connectivity index (χ0v) is 13.4. The zero-order valence-electron chi connectivity index (χ0n) is 13.4. The van der Waals surface area contributed by atoms with Crippen LogP contribution in [-0.4, -0.2) is 98.9 Å². The van der Waals surface area contributed by atoms with Crippen molar-refractivity contribution in [2.24, 2.45) is 0 Å². The molecular formula is C15H29N3O3. The van der Waals surface area contributed by atoms with Crippen molar-refractivity contribution in [2.45, 2.75) is 20.0 Å².